The Morgan fingerprint density at radius 2 is 1.43 bits per heavy atom. The van der Waals surface area contributed by atoms with Crippen molar-refractivity contribution in [2.75, 3.05) is 0 Å². The first-order valence-electron chi connectivity index (χ1n) is 5.58. The SMILES string of the molecule is Cc1ccc(F)c(Br)c1Br.FCc1ccc(Br)c(Br)c1Br. The highest BCUT2D eigenvalue weighted by molar-refractivity contribution is 9.14. The third-order valence-electron chi connectivity index (χ3n) is 2.49. The van der Waals surface area contributed by atoms with Crippen molar-refractivity contribution < 1.29 is 8.78 Å². The van der Waals surface area contributed by atoms with Crippen LogP contribution in [0.1, 0.15) is 11.1 Å². The molecule has 114 valence electrons. The molecule has 0 nitrogen and oxygen atoms in total. The van der Waals surface area contributed by atoms with Gasteiger partial charge in [0.2, 0.25) is 0 Å². The van der Waals surface area contributed by atoms with E-state index in [1.54, 1.807) is 12.1 Å². The lowest BCUT2D eigenvalue weighted by atomic mass is 10.2. The van der Waals surface area contributed by atoms with Gasteiger partial charge in [-0.15, -0.1) is 0 Å². The fourth-order valence-electron chi connectivity index (χ4n) is 1.29. The van der Waals surface area contributed by atoms with Crippen LogP contribution in [0.4, 0.5) is 8.78 Å². The highest BCUT2D eigenvalue weighted by Gasteiger charge is 2.06. The van der Waals surface area contributed by atoms with E-state index in [1.807, 2.05) is 13.0 Å². The van der Waals surface area contributed by atoms with Gasteiger partial charge in [0, 0.05) is 17.9 Å². The molecule has 0 aliphatic rings. The van der Waals surface area contributed by atoms with E-state index >= 15 is 0 Å². The molecule has 2 aromatic rings. The lowest BCUT2D eigenvalue weighted by Crippen LogP contribution is -1.82. The molecule has 0 amide bonds. The monoisotopic (exact) mass is 610 g/mol. The summed E-state index contributed by atoms with van der Waals surface area (Å²) in [5.41, 5.74) is 1.67. The molecule has 0 aliphatic carbocycles. The zero-order valence-corrected chi connectivity index (χ0v) is 18.6. The van der Waals surface area contributed by atoms with E-state index in [2.05, 4.69) is 79.6 Å². The summed E-state index contributed by atoms with van der Waals surface area (Å²) in [4.78, 5) is 0. The van der Waals surface area contributed by atoms with E-state index in [-0.39, 0.29) is 5.82 Å². The van der Waals surface area contributed by atoms with Crippen LogP contribution in [-0.2, 0) is 6.67 Å². The van der Waals surface area contributed by atoms with Crippen LogP contribution in [0.2, 0.25) is 0 Å². The molecule has 0 aliphatic heterocycles. The Labute approximate surface area is 164 Å². The van der Waals surface area contributed by atoms with E-state index in [0.29, 0.717) is 10.0 Å². The Hall–Kier alpha value is 0.700. The van der Waals surface area contributed by atoms with Gasteiger partial charge in [0.05, 0.1) is 4.47 Å². The molecular formula is C14H9Br5F2. The molecule has 0 radical (unpaired) electrons. The first kappa shape index (κ1) is 19.7. The minimum atomic E-state index is -0.452. The van der Waals surface area contributed by atoms with Gasteiger partial charge < -0.3 is 0 Å². The van der Waals surface area contributed by atoms with E-state index in [4.69, 9.17) is 0 Å². The number of benzene rings is 2. The van der Waals surface area contributed by atoms with Gasteiger partial charge in [0.1, 0.15) is 12.5 Å². The lowest BCUT2D eigenvalue weighted by molar-refractivity contribution is 0.483. The van der Waals surface area contributed by atoms with Gasteiger partial charge in [-0.2, -0.15) is 0 Å². The second-order valence-electron chi connectivity index (χ2n) is 3.96. The molecule has 0 aromatic heterocycles. The molecule has 2 rings (SSSR count). The van der Waals surface area contributed by atoms with Crippen molar-refractivity contribution in [3.05, 3.63) is 63.6 Å². The predicted octanol–water partition coefficient (Wildman–Crippen LogP) is 8.10. The van der Waals surface area contributed by atoms with Crippen LogP contribution in [0, 0.1) is 12.7 Å². The standard InChI is InChI=1S/C7H4Br3F.C7H5Br2F/c8-5-2-1-4(3-11)6(9)7(5)10;1-4-2-3-5(10)7(9)6(4)8/h1-2H,3H2;2-3H,1H3. The summed E-state index contributed by atoms with van der Waals surface area (Å²) in [6.45, 7) is 1.46. The first-order valence-corrected chi connectivity index (χ1v) is 9.54. The summed E-state index contributed by atoms with van der Waals surface area (Å²) in [7, 11) is 0. The van der Waals surface area contributed by atoms with Crippen molar-refractivity contribution >= 4 is 79.6 Å². The fourth-order valence-corrected chi connectivity index (χ4v) is 3.49. The summed E-state index contributed by atoms with van der Waals surface area (Å²) in [5.74, 6) is -0.238. The predicted molar refractivity (Wildman–Crippen MR) is 101 cm³/mol. The van der Waals surface area contributed by atoms with Gasteiger partial charge in [-0.05, 0) is 110 Å². The number of halogens is 7. The highest BCUT2D eigenvalue weighted by atomic mass is 79.9. The van der Waals surface area contributed by atoms with Crippen LogP contribution in [0.15, 0.2) is 46.6 Å². The Kier molecular flexibility index (Phi) is 8.56. The van der Waals surface area contributed by atoms with Crippen LogP contribution >= 0.6 is 79.6 Å². The summed E-state index contributed by atoms with van der Waals surface area (Å²) >= 11 is 16.2. The van der Waals surface area contributed by atoms with E-state index < -0.39 is 6.67 Å². The second-order valence-corrected chi connectivity index (χ2v) is 7.99. The molecule has 0 bridgehead atoms. The van der Waals surface area contributed by atoms with Gasteiger partial charge in [0.15, 0.2) is 0 Å². The Bertz CT molecular complexity index is 617. The van der Waals surface area contributed by atoms with Crippen LogP contribution < -0.4 is 0 Å². The summed E-state index contributed by atoms with van der Waals surface area (Å²) in [5, 5.41) is 0. The molecule has 0 atom stereocenters. The quantitative estimate of drug-likeness (QED) is 0.285. The van der Waals surface area contributed by atoms with Crippen molar-refractivity contribution in [2.24, 2.45) is 0 Å². The molecule has 0 unspecified atom stereocenters. The van der Waals surface area contributed by atoms with Gasteiger partial charge >= 0.3 is 0 Å². The molecule has 2 aromatic carbocycles. The third kappa shape index (κ3) is 5.37. The molecule has 7 heteroatoms. The van der Waals surface area contributed by atoms with Crippen LogP contribution in [0.3, 0.4) is 0 Å². The van der Waals surface area contributed by atoms with Crippen molar-refractivity contribution in [3.8, 4) is 0 Å². The smallest absolute Gasteiger partial charge is 0.138 e. The number of hydrogen-bond acceptors (Lipinski definition) is 0. The van der Waals surface area contributed by atoms with E-state index in [9.17, 15) is 8.78 Å². The molecule has 0 N–H and O–H groups in total. The number of hydrogen-bond donors (Lipinski definition) is 0. The minimum absolute atomic E-state index is 0.238. The van der Waals surface area contributed by atoms with Crippen molar-refractivity contribution in [2.45, 2.75) is 13.6 Å². The normalized spacial score (nSPS) is 10.1. The maximum Gasteiger partial charge on any atom is 0.138 e. The number of aryl methyl sites for hydroxylation is 1. The zero-order valence-electron chi connectivity index (χ0n) is 10.7. The third-order valence-corrected chi connectivity index (χ3v) is 8.27. The fraction of sp³-hybridized carbons (Fsp3) is 0.143. The average molecular weight is 615 g/mol. The maximum atomic E-state index is 12.7. The molecule has 0 saturated carbocycles. The summed E-state index contributed by atoms with van der Waals surface area (Å²) in [6, 6.07) is 6.71. The van der Waals surface area contributed by atoms with Crippen molar-refractivity contribution in [1.29, 1.82) is 0 Å². The molecular weight excluding hydrogens is 606 g/mol. The minimum Gasteiger partial charge on any atom is -0.246 e. The average Bonchev–Trinajstić information content (AvgIpc) is 2.48. The Morgan fingerprint density at radius 3 is 1.95 bits per heavy atom. The first-order chi connectivity index (χ1) is 9.79. The Morgan fingerprint density at radius 1 is 0.810 bits per heavy atom. The van der Waals surface area contributed by atoms with Crippen molar-refractivity contribution in [1.82, 2.24) is 0 Å². The highest BCUT2D eigenvalue weighted by Crippen LogP contribution is 2.33. The molecule has 0 saturated heterocycles. The zero-order chi connectivity index (χ0) is 16.2. The number of rotatable bonds is 1. The van der Waals surface area contributed by atoms with E-state index in [1.165, 1.54) is 6.07 Å². The Balaban J connectivity index is 0.000000211. The van der Waals surface area contributed by atoms with Gasteiger partial charge in [-0.25, -0.2) is 8.78 Å². The number of alkyl halides is 1. The van der Waals surface area contributed by atoms with Crippen molar-refractivity contribution in [3.63, 3.8) is 0 Å². The summed E-state index contributed by atoms with van der Waals surface area (Å²) in [6.07, 6.45) is 0. The van der Waals surface area contributed by atoms with Crippen LogP contribution in [0.25, 0.3) is 0 Å². The van der Waals surface area contributed by atoms with Crippen LogP contribution in [-0.4, -0.2) is 0 Å². The lowest BCUT2D eigenvalue weighted by Gasteiger charge is -2.03. The van der Waals surface area contributed by atoms with Gasteiger partial charge in [0.25, 0.3) is 0 Å². The molecule has 0 spiro atoms. The topological polar surface area (TPSA) is 0 Å². The largest absolute Gasteiger partial charge is 0.246 e. The van der Waals surface area contributed by atoms with E-state index in [0.717, 1.165) is 23.5 Å². The maximum absolute atomic E-state index is 12.7. The second kappa shape index (κ2) is 9.11. The molecule has 21 heavy (non-hydrogen) atoms. The van der Waals surface area contributed by atoms with Gasteiger partial charge in [-0.1, -0.05) is 12.1 Å². The van der Waals surface area contributed by atoms with Crippen LogP contribution in [0.5, 0.6) is 0 Å². The van der Waals surface area contributed by atoms with Gasteiger partial charge in [-0.3, -0.25) is 0 Å². The molecule has 0 fully saturated rings. The molecule has 0 heterocycles. The summed E-state index contributed by atoms with van der Waals surface area (Å²) < 4.78 is 28.7.